The van der Waals surface area contributed by atoms with E-state index >= 15 is 0 Å². The number of rotatable bonds is 2. The van der Waals surface area contributed by atoms with Gasteiger partial charge in [-0.1, -0.05) is 5.16 Å². The maximum atomic E-state index is 13.2. The summed E-state index contributed by atoms with van der Waals surface area (Å²) < 4.78 is 18.7. The summed E-state index contributed by atoms with van der Waals surface area (Å²) in [5, 5.41) is 4.19. The first-order chi connectivity index (χ1) is 12.3. The van der Waals surface area contributed by atoms with Gasteiger partial charge in [-0.2, -0.15) is 0 Å². The minimum atomic E-state index is -0.276. The van der Waals surface area contributed by atoms with Gasteiger partial charge in [0.2, 0.25) is 0 Å². The molecule has 1 aromatic carbocycles. The summed E-state index contributed by atoms with van der Waals surface area (Å²) in [6.45, 7) is 1.38. The van der Waals surface area contributed by atoms with E-state index in [2.05, 4.69) is 30.0 Å². The number of benzene rings is 1. The molecule has 0 unspecified atom stereocenters. The second kappa shape index (κ2) is 5.37. The van der Waals surface area contributed by atoms with Crippen LogP contribution in [-0.2, 0) is 13.0 Å². The lowest BCUT2D eigenvalue weighted by molar-refractivity contribution is 0.424. The van der Waals surface area contributed by atoms with Crippen LogP contribution in [0.15, 0.2) is 41.4 Å². The standard InChI is InChI=1S/C17H13FN6O/c18-11-3-1-10(2-4-11)15-12-7-24(6-5-13(12)23-25-15)17-14-16(20-8-19-14)21-9-22-17/h1-4,8-9H,5-7H2,(H,19,20,21,22). The Hall–Kier alpha value is -3.29. The van der Waals surface area contributed by atoms with E-state index < -0.39 is 0 Å². The molecule has 0 radical (unpaired) electrons. The number of nitrogens with one attached hydrogen (secondary N) is 1. The number of hydrogen-bond acceptors (Lipinski definition) is 6. The minimum Gasteiger partial charge on any atom is -0.356 e. The van der Waals surface area contributed by atoms with Gasteiger partial charge in [-0.3, -0.25) is 0 Å². The van der Waals surface area contributed by atoms with Crippen LogP contribution in [0.25, 0.3) is 22.5 Å². The van der Waals surface area contributed by atoms with Crippen molar-refractivity contribution in [3.05, 3.63) is 54.0 Å². The average Bonchev–Trinajstić information content (AvgIpc) is 3.28. The van der Waals surface area contributed by atoms with E-state index in [1.807, 2.05) is 0 Å². The first kappa shape index (κ1) is 14.1. The quantitative estimate of drug-likeness (QED) is 0.606. The average molecular weight is 336 g/mol. The van der Waals surface area contributed by atoms with Crippen molar-refractivity contribution in [1.82, 2.24) is 25.1 Å². The molecule has 8 heteroatoms. The number of nitrogens with zero attached hydrogens (tertiary/aromatic N) is 5. The molecule has 124 valence electrons. The van der Waals surface area contributed by atoms with E-state index in [9.17, 15) is 4.39 Å². The third kappa shape index (κ3) is 2.25. The Morgan fingerprint density at radius 3 is 2.88 bits per heavy atom. The molecule has 0 bridgehead atoms. The zero-order valence-electron chi connectivity index (χ0n) is 13.1. The summed E-state index contributed by atoms with van der Waals surface area (Å²) in [7, 11) is 0. The van der Waals surface area contributed by atoms with Crippen molar-refractivity contribution >= 4 is 17.0 Å². The predicted molar refractivity (Wildman–Crippen MR) is 88.3 cm³/mol. The van der Waals surface area contributed by atoms with Crippen LogP contribution in [0.2, 0.25) is 0 Å². The van der Waals surface area contributed by atoms with Crippen LogP contribution in [0.5, 0.6) is 0 Å². The first-order valence-corrected chi connectivity index (χ1v) is 7.92. The lowest BCUT2D eigenvalue weighted by Gasteiger charge is -2.27. The maximum absolute atomic E-state index is 13.2. The van der Waals surface area contributed by atoms with Gasteiger partial charge in [0, 0.05) is 24.1 Å². The fourth-order valence-corrected chi connectivity index (χ4v) is 3.21. The Bertz CT molecular complexity index is 1050. The van der Waals surface area contributed by atoms with Gasteiger partial charge in [-0.15, -0.1) is 0 Å². The Morgan fingerprint density at radius 1 is 1.12 bits per heavy atom. The third-order valence-corrected chi connectivity index (χ3v) is 4.45. The third-order valence-electron chi connectivity index (χ3n) is 4.45. The number of imidazole rings is 1. The van der Waals surface area contributed by atoms with Gasteiger partial charge < -0.3 is 14.4 Å². The molecule has 0 fully saturated rings. The largest absolute Gasteiger partial charge is 0.356 e. The second-order valence-electron chi connectivity index (χ2n) is 5.91. The molecule has 0 atom stereocenters. The van der Waals surface area contributed by atoms with Gasteiger partial charge in [0.25, 0.3) is 0 Å². The highest BCUT2D eigenvalue weighted by molar-refractivity contribution is 5.83. The molecule has 5 rings (SSSR count). The van der Waals surface area contributed by atoms with Crippen molar-refractivity contribution in [1.29, 1.82) is 0 Å². The molecule has 4 aromatic rings. The fourth-order valence-electron chi connectivity index (χ4n) is 3.21. The first-order valence-electron chi connectivity index (χ1n) is 7.92. The number of halogens is 1. The normalized spacial score (nSPS) is 14.0. The smallest absolute Gasteiger partial charge is 0.182 e. The second-order valence-corrected chi connectivity index (χ2v) is 5.91. The van der Waals surface area contributed by atoms with Crippen LogP contribution in [0.3, 0.4) is 0 Å². The summed E-state index contributed by atoms with van der Waals surface area (Å²) in [4.78, 5) is 18.0. The molecule has 1 N–H and O–H groups in total. The zero-order chi connectivity index (χ0) is 16.8. The molecule has 1 aliphatic rings. The van der Waals surface area contributed by atoms with Crippen molar-refractivity contribution in [2.75, 3.05) is 11.4 Å². The topological polar surface area (TPSA) is 83.7 Å². The number of aromatic amines is 1. The van der Waals surface area contributed by atoms with Gasteiger partial charge in [0.15, 0.2) is 17.2 Å². The van der Waals surface area contributed by atoms with Crippen molar-refractivity contribution in [3.8, 4) is 11.3 Å². The molecule has 7 nitrogen and oxygen atoms in total. The van der Waals surface area contributed by atoms with E-state index in [0.717, 1.165) is 41.1 Å². The van der Waals surface area contributed by atoms with E-state index in [4.69, 9.17) is 4.52 Å². The summed E-state index contributed by atoms with van der Waals surface area (Å²) >= 11 is 0. The number of aromatic nitrogens is 5. The summed E-state index contributed by atoms with van der Waals surface area (Å²) in [6.07, 6.45) is 3.88. The van der Waals surface area contributed by atoms with Crippen molar-refractivity contribution < 1.29 is 8.91 Å². The highest BCUT2D eigenvalue weighted by atomic mass is 19.1. The minimum absolute atomic E-state index is 0.276. The lowest BCUT2D eigenvalue weighted by atomic mass is 10.0. The van der Waals surface area contributed by atoms with Crippen LogP contribution >= 0.6 is 0 Å². The van der Waals surface area contributed by atoms with E-state index in [-0.39, 0.29) is 5.82 Å². The molecule has 0 saturated heterocycles. The Balaban J connectivity index is 1.55. The van der Waals surface area contributed by atoms with Crippen LogP contribution in [0.4, 0.5) is 10.2 Å². The predicted octanol–water partition coefficient (Wildman–Crippen LogP) is 2.71. The van der Waals surface area contributed by atoms with Gasteiger partial charge in [-0.05, 0) is 24.3 Å². The van der Waals surface area contributed by atoms with Crippen LogP contribution in [0.1, 0.15) is 11.3 Å². The zero-order valence-corrected chi connectivity index (χ0v) is 13.1. The van der Waals surface area contributed by atoms with Gasteiger partial charge in [-0.25, -0.2) is 19.3 Å². The molecule has 0 saturated carbocycles. The van der Waals surface area contributed by atoms with E-state index in [0.29, 0.717) is 18.0 Å². The molecular formula is C17H13FN6O. The molecule has 1 aliphatic heterocycles. The number of hydrogen-bond donors (Lipinski definition) is 1. The summed E-state index contributed by atoms with van der Waals surface area (Å²) in [5.74, 6) is 1.20. The lowest BCUT2D eigenvalue weighted by Crippen LogP contribution is -2.31. The van der Waals surface area contributed by atoms with Gasteiger partial charge >= 0.3 is 0 Å². The van der Waals surface area contributed by atoms with Crippen molar-refractivity contribution in [2.45, 2.75) is 13.0 Å². The molecule has 25 heavy (non-hydrogen) atoms. The van der Waals surface area contributed by atoms with Gasteiger partial charge in [0.05, 0.1) is 18.6 Å². The fraction of sp³-hybridized carbons (Fsp3) is 0.176. The highest BCUT2D eigenvalue weighted by Gasteiger charge is 2.27. The van der Waals surface area contributed by atoms with Crippen LogP contribution in [-0.4, -0.2) is 31.6 Å². The Kier molecular flexibility index (Phi) is 3.03. The summed E-state index contributed by atoms with van der Waals surface area (Å²) in [6, 6.07) is 6.24. The van der Waals surface area contributed by atoms with Crippen molar-refractivity contribution in [3.63, 3.8) is 0 Å². The molecular weight excluding hydrogens is 323 g/mol. The van der Waals surface area contributed by atoms with E-state index in [1.54, 1.807) is 18.5 Å². The van der Waals surface area contributed by atoms with E-state index in [1.165, 1.54) is 18.5 Å². The SMILES string of the molecule is Fc1ccc(-c2onc3c2CN(c2ncnc4nc[nH]c24)CC3)cc1. The molecule has 3 aromatic heterocycles. The molecule has 4 heterocycles. The molecule has 0 amide bonds. The van der Waals surface area contributed by atoms with Crippen LogP contribution in [0, 0.1) is 5.82 Å². The number of fused-ring (bicyclic) bond motifs is 2. The Labute approximate surface area is 141 Å². The monoisotopic (exact) mass is 336 g/mol. The maximum Gasteiger partial charge on any atom is 0.182 e. The van der Waals surface area contributed by atoms with Crippen molar-refractivity contribution in [2.24, 2.45) is 0 Å². The molecule has 0 aliphatic carbocycles. The molecule has 0 spiro atoms. The highest BCUT2D eigenvalue weighted by Crippen LogP contribution is 2.33. The summed E-state index contributed by atoms with van der Waals surface area (Å²) in [5.41, 5.74) is 4.20. The van der Waals surface area contributed by atoms with Crippen LogP contribution < -0.4 is 4.90 Å². The Morgan fingerprint density at radius 2 is 2.00 bits per heavy atom. The number of H-pyrrole nitrogens is 1. The number of anilines is 1. The van der Waals surface area contributed by atoms with Gasteiger partial charge in [0.1, 0.15) is 17.7 Å².